The smallest absolute Gasteiger partial charge is 0.419 e. The number of unbranched alkanes of at least 4 members (excludes halogenated alkanes) is 2. The van der Waals surface area contributed by atoms with E-state index < -0.39 is 0 Å². The molecular formula is C11H16N2O2. The molecule has 15 heavy (non-hydrogen) atoms. The Bertz CT molecular complexity index is 331. The van der Waals surface area contributed by atoms with Crippen LogP contribution in [0.3, 0.4) is 0 Å². The van der Waals surface area contributed by atoms with Crippen molar-refractivity contribution in [1.82, 2.24) is 9.55 Å². The minimum absolute atomic E-state index is 0.358. The molecule has 0 saturated heterocycles. The number of rotatable bonds is 5. The first-order valence-corrected chi connectivity index (χ1v) is 5.03. The molecular weight excluding hydrogens is 192 g/mol. The van der Waals surface area contributed by atoms with Gasteiger partial charge in [-0.15, -0.1) is 6.58 Å². The second kappa shape index (κ2) is 6.01. The largest absolute Gasteiger partial charge is 0.449 e. The molecule has 82 valence electrons. The van der Waals surface area contributed by atoms with E-state index in [0.717, 1.165) is 19.3 Å². The molecule has 0 atom stereocenters. The van der Waals surface area contributed by atoms with Crippen molar-refractivity contribution in [1.29, 1.82) is 0 Å². The van der Waals surface area contributed by atoms with Crippen LogP contribution in [-0.4, -0.2) is 22.3 Å². The monoisotopic (exact) mass is 208 g/mol. The van der Waals surface area contributed by atoms with E-state index in [2.05, 4.69) is 11.6 Å². The van der Waals surface area contributed by atoms with E-state index in [0.29, 0.717) is 12.4 Å². The molecule has 4 heteroatoms. The van der Waals surface area contributed by atoms with Crippen LogP contribution in [0.1, 0.15) is 25.1 Å². The lowest BCUT2D eigenvalue weighted by atomic mass is 10.2. The molecule has 1 aromatic rings. The van der Waals surface area contributed by atoms with Gasteiger partial charge in [-0.25, -0.2) is 14.3 Å². The predicted octanol–water partition coefficient (Wildman–Crippen LogP) is 2.53. The van der Waals surface area contributed by atoms with Gasteiger partial charge < -0.3 is 4.74 Å². The van der Waals surface area contributed by atoms with E-state index in [-0.39, 0.29) is 6.09 Å². The van der Waals surface area contributed by atoms with Crippen molar-refractivity contribution < 1.29 is 9.53 Å². The topological polar surface area (TPSA) is 44.1 Å². The molecule has 0 unspecified atom stereocenters. The summed E-state index contributed by atoms with van der Waals surface area (Å²) >= 11 is 0. The zero-order valence-electron chi connectivity index (χ0n) is 8.98. The number of ether oxygens (including phenoxy) is 1. The molecule has 0 aliphatic carbocycles. The Kier molecular flexibility index (Phi) is 4.60. The molecule has 0 radical (unpaired) electrons. The number of imidazole rings is 1. The molecule has 0 saturated carbocycles. The first kappa shape index (κ1) is 11.5. The first-order chi connectivity index (χ1) is 7.25. The Labute approximate surface area is 89.6 Å². The van der Waals surface area contributed by atoms with Crippen LogP contribution in [0.2, 0.25) is 0 Å². The van der Waals surface area contributed by atoms with Crippen LogP contribution in [0.15, 0.2) is 25.0 Å². The molecule has 1 heterocycles. The van der Waals surface area contributed by atoms with Crippen molar-refractivity contribution in [2.75, 3.05) is 6.61 Å². The van der Waals surface area contributed by atoms with Gasteiger partial charge >= 0.3 is 6.09 Å². The van der Waals surface area contributed by atoms with E-state index in [9.17, 15) is 4.79 Å². The summed E-state index contributed by atoms with van der Waals surface area (Å²) in [6.07, 6.45) is 7.51. The number of allylic oxidation sites excluding steroid dienone is 1. The zero-order valence-corrected chi connectivity index (χ0v) is 8.98. The highest BCUT2D eigenvalue weighted by Crippen LogP contribution is 2.00. The number of hydrogen-bond acceptors (Lipinski definition) is 3. The number of carbonyl (C=O) groups is 1. The van der Waals surface area contributed by atoms with Crippen LogP contribution in [-0.2, 0) is 4.74 Å². The number of aromatic nitrogens is 2. The number of nitrogens with zero attached hydrogens (tertiary/aromatic N) is 2. The summed E-state index contributed by atoms with van der Waals surface area (Å²) in [6, 6.07) is 0. The molecule has 0 N–H and O–H groups in total. The van der Waals surface area contributed by atoms with E-state index in [1.807, 2.05) is 6.08 Å². The molecule has 4 nitrogen and oxygen atoms in total. The Hall–Kier alpha value is -1.58. The average molecular weight is 208 g/mol. The van der Waals surface area contributed by atoms with Crippen LogP contribution in [0.4, 0.5) is 4.79 Å². The van der Waals surface area contributed by atoms with E-state index in [4.69, 9.17) is 4.74 Å². The third kappa shape index (κ3) is 3.58. The Morgan fingerprint density at radius 3 is 3.07 bits per heavy atom. The molecule has 0 aromatic carbocycles. The summed E-state index contributed by atoms with van der Waals surface area (Å²) < 4.78 is 6.46. The van der Waals surface area contributed by atoms with Crippen LogP contribution in [0.25, 0.3) is 0 Å². The van der Waals surface area contributed by atoms with Gasteiger partial charge in [0.05, 0.1) is 6.61 Å². The van der Waals surface area contributed by atoms with Gasteiger partial charge in [0.25, 0.3) is 0 Å². The first-order valence-electron chi connectivity index (χ1n) is 5.03. The average Bonchev–Trinajstić information content (AvgIpc) is 2.64. The van der Waals surface area contributed by atoms with Gasteiger partial charge in [0.2, 0.25) is 0 Å². The Morgan fingerprint density at radius 2 is 2.47 bits per heavy atom. The summed E-state index contributed by atoms with van der Waals surface area (Å²) in [6.45, 7) is 5.84. The van der Waals surface area contributed by atoms with Gasteiger partial charge in [-0.1, -0.05) is 6.08 Å². The van der Waals surface area contributed by atoms with Gasteiger partial charge in [0.15, 0.2) is 0 Å². The summed E-state index contributed by atoms with van der Waals surface area (Å²) in [4.78, 5) is 15.4. The van der Waals surface area contributed by atoms with Crippen molar-refractivity contribution in [3.8, 4) is 0 Å². The predicted molar refractivity (Wildman–Crippen MR) is 57.8 cm³/mol. The highest BCUT2D eigenvalue weighted by Gasteiger charge is 2.07. The lowest BCUT2D eigenvalue weighted by molar-refractivity contribution is 0.145. The summed E-state index contributed by atoms with van der Waals surface area (Å²) in [7, 11) is 0. The second-order valence-electron chi connectivity index (χ2n) is 3.24. The minimum Gasteiger partial charge on any atom is -0.449 e. The third-order valence-electron chi connectivity index (χ3n) is 2.05. The maximum absolute atomic E-state index is 11.4. The second-order valence-corrected chi connectivity index (χ2v) is 3.24. The number of hydrogen-bond donors (Lipinski definition) is 0. The highest BCUT2D eigenvalue weighted by atomic mass is 16.5. The van der Waals surface area contributed by atoms with E-state index in [1.54, 1.807) is 19.3 Å². The van der Waals surface area contributed by atoms with Gasteiger partial charge in [0, 0.05) is 12.4 Å². The summed E-state index contributed by atoms with van der Waals surface area (Å²) in [5, 5.41) is 0. The molecule has 0 spiro atoms. The summed E-state index contributed by atoms with van der Waals surface area (Å²) in [5.41, 5.74) is 0. The minimum atomic E-state index is -0.358. The quantitative estimate of drug-likeness (QED) is 0.551. The molecule has 0 bridgehead atoms. The molecule has 0 aliphatic heterocycles. The van der Waals surface area contributed by atoms with Crippen molar-refractivity contribution in [2.45, 2.75) is 26.2 Å². The van der Waals surface area contributed by atoms with Crippen molar-refractivity contribution in [3.63, 3.8) is 0 Å². The number of carbonyl (C=O) groups excluding carboxylic acids is 1. The van der Waals surface area contributed by atoms with Gasteiger partial charge in [-0.2, -0.15) is 0 Å². The third-order valence-corrected chi connectivity index (χ3v) is 2.05. The molecule has 1 aromatic heterocycles. The van der Waals surface area contributed by atoms with E-state index in [1.165, 1.54) is 4.57 Å². The van der Waals surface area contributed by atoms with Gasteiger partial charge in [-0.3, -0.25) is 0 Å². The fourth-order valence-corrected chi connectivity index (χ4v) is 1.19. The molecule has 0 amide bonds. The highest BCUT2D eigenvalue weighted by molar-refractivity contribution is 5.70. The summed E-state index contributed by atoms with van der Waals surface area (Å²) in [5.74, 6) is 0.645. The SMILES string of the molecule is C=CCCCCOC(=O)n1ccnc1C. The van der Waals surface area contributed by atoms with Crippen LogP contribution in [0.5, 0.6) is 0 Å². The Balaban J connectivity index is 2.25. The normalized spacial score (nSPS) is 9.93. The van der Waals surface area contributed by atoms with Crippen LogP contribution >= 0.6 is 0 Å². The zero-order chi connectivity index (χ0) is 11.1. The van der Waals surface area contributed by atoms with Crippen molar-refractivity contribution in [2.24, 2.45) is 0 Å². The van der Waals surface area contributed by atoms with Gasteiger partial charge in [0.1, 0.15) is 5.82 Å². The lowest BCUT2D eigenvalue weighted by Gasteiger charge is -2.05. The van der Waals surface area contributed by atoms with Crippen LogP contribution in [0, 0.1) is 6.92 Å². The Morgan fingerprint density at radius 1 is 1.67 bits per heavy atom. The van der Waals surface area contributed by atoms with Gasteiger partial charge in [-0.05, 0) is 26.2 Å². The fraction of sp³-hybridized carbons (Fsp3) is 0.455. The lowest BCUT2D eigenvalue weighted by Crippen LogP contribution is -2.14. The van der Waals surface area contributed by atoms with Crippen molar-refractivity contribution >= 4 is 6.09 Å². The standard InChI is InChI=1S/C11H16N2O2/c1-3-4-5-6-9-15-11(14)13-8-7-12-10(13)2/h3,7-8H,1,4-6,9H2,2H3. The maximum atomic E-state index is 11.4. The number of aryl methyl sites for hydroxylation is 1. The molecule has 0 aliphatic rings. The van der Waals surface area contributed by atoms with E-state index >= 15 is 0 Å². The van der Waals surface area contributed by atoms with Crippen LogP contribution < -0.4 is 0 Å². The fourth-order valence-electron chi connectivity index (χ4n) is 1.19. The molecule has 0 fully saturated rings. The van der Waals surface area contributed by atoms with Crippen molar-refractivity contribution in [3.05, 3.63) is 30.9 Å². The molecule has 1 rings (SSSR count). The maximum Gasteiger partial charge on any atom is 0.419 e.